The second kappa shape index (κ2) is 7.29. The van der Waals surface area contributed by atoms with Gasteiger partial charge in [0.15, 0.2) is 0 Å². The van der Waals surface area contributed by atoms with Crippen molar-refractivity contribution in [2.24, 2.45) is 28.1 Å². The number of aromatic nitrogens is 1. The van der Waals surface area contributed by atoms with Gasteiger partial charge in [0.05, 0.1) is 0 Å². The molecule has 0 amide bonds. The van der Waals surface area contributed by atoms with Crippen LogP contribution in [0.2, 0.25) is 0 Å². The van der Waals surface area contributed by atoms with E-state index in [-0.39, 0.29) is 28.0 Å². The summed E-state index contributed by atoms with van der Waals surface area (Å²) in [6.45, 7) is 10.2. The molecule has 32 heavy (non-hydrogen) atoms. The minimum absolute atomic E-state index is 0.0113. The van der Waals surface area contributed by atoms with E-state index in [1.54, 1.807) is 12.4 Å². The van der Waals surface area contributed by atoms with Crippen LogP contribution < -0.4 is 5.63 Å². The molecular weight excluding hydrogens is 402 g/mol. The summed E-state index contributed by atoms with van der Waals surface area (Å²) in [5.41, 5.74) is 2.97. The van der Waals surface area contributed by atoms with E-state index in [1.165, 1.54) is 0 Å². The number of ether oxygens (including phenoxy) is 1. The van der Waals surface area contributed by atoms with E-state index in [1.807, 2.05) is 12.1 Å². The van der Waals surface area contributed by atoms with Gasteiger partial charge in [-0.25, -0.2) is 4.79 Å². The molecule has 5 rings (SSSR count). The van der Waals surface area contributed by atoms with Crippen molar-refractivity contribution in [3.63, 3.8) is 0 Å². The van der Waals surface area contributed by atoms with Crippen molar-refractivity contribution >= 4 is 6.47 Å². The Labute approximate surface area is 189 Å². The number of nitrogens with zero attached hydrogens (tertiary/aromatic N) is 1. The van der Waals surface area contributed by atoms with E-state index in [4.69, 9.17) is 9.15 Å². The Morgan fingerprint density at radius 3 is 2.75 bits per heavy atom. The highest BCUT2D eigenvalue weighted by Crippen LogP contribution is 2.68. The van der Waals surface area contributed by atoms with Gasteiger partial charge in [-0.1, -0.05) is 27.7 Å². The molecule has 0 radical (unpaired) electrons. The molecule has 0 spiro atoms. The summed E-state index contributed by atoms with van der Waals surface area (Å²) in [4.78, 5) is 28.3. The normalized spacial score (nSPS) is 35.2. The van der Waals surface area contributed by atoms with Crippen LogP contribution in [-0.2, 0) is 22.4 Å². The monoisotopic (exact) mass is 435 g/mol. The predicted molar refractivity (Wildman–Crippen MR) is 122 cm³/mol. The van der Waals surface area contributed by atoms with Crippen LogP contribution in [0.15, 0.2) is 39.8 Å². The fraction of sp³-hybridized carbons (Fsp3) is 0.593. The standard InChI is InChI=1S/C27H33NO4/c1-25(2)15-26(3)13-18-10-21(17-6-5-9-28-14-17)32-24(30)20(18)12-23(26)27(4)8-7-19(31-16-29)11-22(25)27/h5-6,9-10,14,16,19,22-23H,7-8,11-13,15H2,1-4H3/t19-,22?,23-,26+,27-/m0/s1. The fourth-order valence-electron chi connectivity index (χ4n) is 8.11. The highest BCUT2D eigenvalue weighted by molar-refractivity contribution is 5.57. The second-order valence-electron chi connectivity index (χ2n) is 11.6. The lowest BCUT2D eigenvalue weighted by atomic mass is 9.39. The number of rotatable bonds is 3. The van der Waals surface area contributed by atoms with Crippen LogP contribution in [0, 0.1) is 28.1 Å². The number of carbonyl (C=O) groups is 1. The Morgan fingerprint density at radius 2 is 2.03 bits per heavy atom. The second-order valence-corrected chi connectivity index (χ2v) is 11.6. The van der Waals surface area contributed by atoms with Gasteiger partial charge in [-0.3, -0.25) is 9.78 Å². The zero-order valence-corrected chi connectivity index (χ0v) is 19.5. The lowest BCUT2D eigenvalue weighted by Gasteiger charge is -2.66. The first-order valence-corrected chi connectivity index (χ1v) is 11.8. The highest BCUT2D eigenvalue weighted by atomic mass is 16.5. The topological polar surface area (TPSA) is 69.4 Å². The maximum Gasteiger partial charge on any atom is 0.339 e. The maximum atomic E-state index is 13.1. The number of hydrogen-bond acceptors (Lipinski definition) is 5. The lowest BCUT2D eigenvalue weighted by Crippen LogP contribution is -2.60. The van der Waals surface area contributed by atoms with Gasteiger partial charge in [-0.15, -0.1) is 0 Å². The molecule has 0 N–H and O–H groups in total. The van der Waals surface area contributed by atoms with Crippen molar-refractivity contribution in [2.45, 2.75) is 72.3 Å². The summed E-state index contributed by atoms with van der Waals surface area (Å²) in [6.07, 6.45) is 9.07. The van der Waals surface area contributed by atoms with Crippen molar-refractivity contribution in [3.05, 3.63) is 52.1 Å². The molecule has 0 bridgehead atoms. The Bertz CT molecular complexity index is 1090. The van der Waals surface area contributed by atoms with Crippen LogP contribution in [0.1, 0.15) is 64.5 Å². The fourth-order valence-corrected chi connectivity index (χ4v) is 8.11. The van der Waals surface area contributed by atoms with Crippen molar-refractivity contribution in [3.8, 4) is 11.3 Å². The van der Waals surface area contributed by atoms with Gasteiger partial charge in [0, 0.05) is 23.5 Å². The van der Waals surface area contributed by atoms with E-state index in [2.05, 4.69) is 38.7 Å². The molecule has 0 saturated heterocycles. The first-order valence-electron chi connectivity index (χ1n) is 11.8. The molecule has 5 atom stereocenters. The lowest BCUT2D eigenvalue weighted by molar-refractivity contribution is -0.176. The molecule has 0 aromatic carbocycles. The third-order valence-electron chi connectivity index (χ3n) is 9.08. The van der Waals surface area contributed by atoms with Crippen LogP contribution in [0.25, 0.3) is 11.3 Å². The molecule has 0 aliphatic heterocycles. The van der Waals surface area contributed by atoms with Crippen molar-refractivity contribution in [1.29, 1.82) is 0 Å². The van der Waals surface area contributed by atoms with Gasteiger partial charge < -0.3 is 9.15 Å². The molecule has 2 heterocycles. The van der Waals surface area contributed by atoms with Gasteiger partial charge in [0.1, 0.15) is 11.9 Å². The first kappa shape index (κ1) is 21.4. The molecule has 3 aliphatic rings. The maximum absolute atomic E-state index is 13.1. The van der Waals surface area contributed by atoms with E-state index in [9.17, 15) is 9.59 Å². The zero-order chi connectivity index (χ0) is 22.7. The highest BCUT2D eigenvalue weighted by Gasteiger charge is 2.62. The van der Waals surface area contributed by atoms with Gasteiger partial charge in [-0.05, 0) is 90.4 Å². The molecular formula is C27H33NO4. The van der Waals surface area contributed by atoms with Crippen LogP contribution in [-0.4, -0.2) is 17.6 Å². The summed E-state index contributed by atoms with van der Waals surface area (Å²) >= 11 is 0. The Balaban J connectivity index is 1.56. The summed E-state index contributed by atoms with van der Waals surface area (Å²) in [5.74, 6) is 1.47. The summed E-state index contributed by atoms with van der Waals surface area (Å²) in [5, 5.41) is 0. The van der Waals surface area contributed by atoms with E-state index in [0.29, 0.717) is 24.1 Å². The molecule has 2 aromatic rings. The first-order chi connectivity index (χ1) is 15.2. The zero-order valence-electron chi connectivity index (χ0n) is 19.5. The molecule has 5 heteroatoms. The third-order valence-corrected chi connectivity index (χ3v) is 9.08. The molecule has 5 nitrogen and oxygen atoms in total. The smallest absolute Gasteiger partial charge is 0.339 e. The molecule has 2 aromatic heterocycles. The summed E-state index contributed by atoms with van der Waals surface area (Å²) < 4.78 is 11.2. The van der Waals surface area contributed by atoms with Gasteiger partial charge in [-0.2, -0.15) is 0 Å². The van der Waals surface area contributed by atoms with Gasteiger partial charge in [0.25, 0.3) is 6.47 Å². The van der Waals surface area contributed by atoms with Crippen molar-refractivity contribution < 1.29 is 13.9 Å². The number of pyridine rings is 1. The molecule has 3 aliphatic carbocycles. The van der Waals surface area contributed by atoms with E-state index < -0.39 is 0 Å². The molecule has 2 saturated carbocycles. The Hall–Kier alpha value is -2.43. The average molecular weight is 436 g/mol. The van der Waals surface area contributed by atoms with Gasteiger partial charge in [0.2, 0.25) is 0 Å². The quantitative estimate of drug-likeness (QED) is 0.620. The van der Waals surface area contributed by atoms with Crippen LogP contribution >= 0.6 is 0 Å². The molecule has 1 unspecified atom stereocenters. The Morgan fingerprint density at radius 1 is 1.22 bits per heavy atom. The van der Waals surface area contributed by atoms with Crippen LogP contribution in [0.3, 0.4) is 0 Å². The molecule has 2 fully saturated rings. The van der Waals surface area contributed by atoms with Crippen molar-refractivity contribution in [1.82, 2.24) is 4.98 Å². The average Bonchev–Trinajstić information content (AvgIpc) is 2.74. The SMILES string of the molecule is CC1(C)C[C@@]2(C)Cc3cc(-c4cccnc4)oc(=O)c3C[C@@H]2[C@@]2(C)CC[C@H](OC=O)CC12. The summed E-state index contributed by atoms with van der Waals surface area (Å²) in [7, 11) is 0. The minimum Gasteiger partial charge on any atom is -0.465 e. The largest absolute Gasteiger partial charge is 0.465 e. The minimum atomic E-state index is -0.202. The van der Waals surface area contributed by atoms with Crippen molar-refractivity contribution in [2.75, 3.05) is 0 Å². The number of fused-ring (bicyclic) bond motifs is 4. The van der Waals surface area contributed by atoms with E-state index >= 15 is 0 Å². The van der Waals surface area contributed by atoms with Crippen LogP contribution in [0.5, 0.6) is 0 Å². The number of carbonyl (C=O) groups excluding carboxylic acids is 1. The van der Waals surface area contributed by atoms with Gasteiger partial charge >= 0.3 is 5.63 Å². The summed E-state index contributed by atoms with van der Waals surface area (Å²) in [6, 6.07) is 5.87. The predicted octanol–water partition coefficient (Wildman–Crippen LogP) is 5.20. The third kappa shape index (κ3) is 3.23. The Kier molecular flexibility index (Phi) is 4.88. The number of hydrogen-bond donors (Lipinski definition) is 0. The van der Waals surface area contributed by atoms with Crippen LogP contribution in [0.4, 0.5) is 0 Å². The van der Waals surface area contributed by atoms with E-state index in [0.717, 1.165) is 55.2 Å². The molecule has 170 valence electrons.